The van der Waals surface area contributed by atoms with Crippen molar-refractivity contribution in [2.75, 3.05) is 7.11 Å². The van der Waals surface area contributed by atoms with Crippen LogP contribution in [-0.4, -0.2) is 19.0 Å². The SMILES string of the molecule is COC(=O)C=COC(=O)c1ccc(C(F)(F)F)cc1. The zero-order valence-electron chi connectivity index (χ0n) is 9.73. The number of carbonyl (C=O) groups excluding carboxylic acids is 2. The molecule has 0 aromatic heterocycles. The number of rotatable bonds is 3. The van der Waals surface area contributed by atoms with Gasteiger partial charge in [-0.25, -0.2) is 9.59 Å². The molecule has 1 aromatic rings. The Morgan fingerprint density at radius 1 is 1.16 bits per heavy atom. The second-order valence-electron chi connectivity index (χ2n) is 3.31. The molecule has 0 amide bonds. The first-order valence-electron chi connectivity index (χ1n) is 4.97. The van der Waals surface area contributed by atoms with Crippen molar-refractivity contribution in [3.8, 4) is 0 Å². The van der Waals surface area contributed by atoms with Gasteiger partial charge in [0.2, 0.25) is 0 Å². The molecule has 102 valence electrons. The van der Waals surface area contributed by atoms with E-state index >= 15 is 0 Å². The molecule has 1 rings (SSSR count). The van der Waals surface area contributed by atoms with E-state index in [-0.39, 0.29) is 5.56 Å². The summed E-state index contributed by atoms with van der Waals surface area (Å²) < 4.78 is 45.6. The minimum Gasteiger partial charge on any atom is -0.466 e. The average Bonchev–Trinajstić information content (AvgIpc) is 2.37. The predicted octanol–water partition coefficient (Wildman–Crippen LogP) is 2.55. The third kappa shape index (κ3) is 4.46. The summed E-state index contributed by atoms with van der Waals surface area (Å²) in [6.45, 7) is 0. The predicted molar refractivity (Wildman–Crippen MR) is 58.0 cm³/mol. The Bertz CT molecular complexity index is 489. The summed E-state index contributed by atoms with van der Waals surface area (Å²) in [7, 11) is 1.14. The van der Waals surface area contributed by atoms with E-state index in [4.69, 9.17) is 0 Å². The van der Waals surface area contributed by atoms with E-state index in [9.17, 15) is 22.8 Å². The highest BCUT2D eigenvalue weighted by Crippen LogP contribution is 2.29. The van der Waals surface area contributed by atoms with Gasteiger partial charge in [0.05, 0.1) is 24.3 Å². The monoisotopic (exact) mass is 274 g/mol. The molecule has 0 aliphatic carbocycles. The molecule has 19 heavy (non-hydrogen) atoms. The normalized spacial score (nSPS) is 11.4. The smallest absolute Gasteiger partial charge is 0.416 e. The van der Waals surface area contributed by atoms with Gasteiger partial charge in [0.15, 0.2) is 0 Å². The number of halogens is 3. The van der Waals surface area contributed by atoms with Gasteiger partial charge in [-0.05, 0) is 24.3 Å². The maximum atomic E-state index is 12.3. The van der Waals surface area contributed by atoms with Crippen molar-refractivity contribution in [1.82, 2.24) is 0 Å². The van der Waals surface area contributed by atoms with E-state index in [2.05, 4.69) is 9.47 Å². The molecule has 0 radical (unpaired) electrons. The fraction of sp³-hybridized carbons (Fsp3) is 0.167. The zero-order chi connectivity index (χ0) is 14.5. The molecule has 0 unspecified atom stereocenters. The van der Waals surface area contributed by atoms with Crippen molar-refractivity contribution >= 4 is 11.9 Å². The molecule has 0 heterocycles. The number of alkyl halides is 3. The van der Waals surface area contributed by atoms with Crippen LogP contribution in [0.15, 0.2) is 36.6 Å². The average molecular weight is 274 g/mol. The van der Waals surface area contributed by atoms with Crippen LogP contribution >= 0.6 is 0 Å². The first kappa shape index (κ1) is 14.7. The highest BCUT2D eigenvalue weighted by molar-refractivity contribution is 5.90. The molecular formula is C12H9F3O4. The van der Waals surface area contributed by atoms with Crippen molar-refractivity contribution in [3.63, 3.8) is 0 Å². The quantitative estimate of drug-likeness (QED) is 0.483. The van der Waals surface area contributed by atoms with Crippen molar-refractivity contribution in [1.29, 1.82) is 0 Å². The second kappa shape index (κ2) is 6.03. The maximum Gasteiger partial charge on any atom is 0.416 e. The Labute approximate surface area is 106 Å². The molecule has 0 aliphatic heterocycles. The van der Waals surface area contributed by atoms with E-state index in [1.54, 1.807) is 0 Å². The summed E-state index contributed by atoms with van der Waals surface area (Å²) in [5.41, 5.74) is -0.934. The first-order valence-corrected chi connectivity index (χ1v) is 4.97. The number of hydrogen-bond acceptors (Lipinski definition) is 4. The van der Waals surface area contributed by atoms with E-state index in [0.717, 1.165) is 43.7 Å². The first-order chi connectivity index (χ1) is 8.84. The molecule has 0 saturated carbocycles. The number of hydrogen-bond donors (Lipinski definition) is 0. The minimum absolute atomic E-state index is 0.0671. The summed E-state index contributed by atoms with van der Waals surface area (Å²) in [5.74, 6) is -1.60. The number of methoxy groups -OCH3 is 1. The lowest BCUT2D eigenvalue weighted by molar-refractivity contribution is -0.137. The highest BCUT2D eigenvalue weighted by Gasteiger charge is 2.30. The Balaban J connectivity index is 2.69. The van der Waals surface area contributed by atoms with E-state index in [1.165, 1.54) is 0 Å². The lowest BCUT2D eigenvalue weighted by Crippen LogP contribution is -2.06. The third-order valence-electron chi connectivity index (χ3n) is 2.03. The van der Waals surface area contributed by atoms with Gasteiger partial charge >= 0.3 is 18.1 Å². The van der Waals surface area contributed by atoms with Gasteiger partial charge in [0.25, 0.3) is 0 Å². The van der Waals surface area contributed by atoms with Crippen LogP contribution in [0.4, 0.5) is 13.2 Å². The molecule has 7 heteroatoms. The van der Waals surface area contributed by atoms with Crippen molar-refractivity contribution in [3.05, 3.63) is 47.7 Å². The second-order valence-corrected chi connectivity index (χ2v) is 3.31. The number of esters is 2. The number of benzene rings is 1. The van der Waals surface area contributed by atoms with Gasteiger partial charge in [-0.2, -0.15) is 13.2 Å². The Morgan fingerprint density at radius 2 is 1.74 bits per heavy atom. The lowest BCUT2D eigenvalue weighted by atomic mass is 10.1. The molecule has 0 spiro atoms. The van der Waals surface area contributed by atoms with Crippen LogP contribution in [0.25, 0.3) is 0 Å². The van der Waals surface area contributed by atoms with Crippen LogP contribution in [-0.2, 0) is 20.4 Å². The van der Waals surface area contributed by atoms with Gasteiger partial charge in [-0.15, -0.1) is 0 Å². The van der Waals surface area contributed by atoms with Crippen molar-refractivity contribution in [2.24, 2.45) is 0 Å². The summed E-state index contributed by atoms with van der Waals surface area (Å²) in [4.78, 5) is 22.0. The third-order valence-corrected chi connectivity index (χ3v) is 2.03. The largest absolute Gasteiger partial charge is 0.466 e. The summed E-state index contributed by atoms with van der Waals surface area (Å²) in [6, 6.07) is 3.50. The van der Waals surface area contributed by atoms with E-state index in [1.807, 2.05) is 0 Å². The Morgan fingerprint density at radius 3 is 2.21 bits per heavy atom. The summed E-state index contributed by atoms with van der Waals surface area (Å²) >= 11 is 0. The molecule has 0 fully saturated rings. The standard InChI is InChI=1S/C12H9F3O4/c1-18-10(16)6-7-19-11(17)8-2-4-9(5-3-8)12(13,14)15/h2-7H,1H3. The van der Waals surface area contributed by atoms with Crippen LogP contribution in [0.2, 0.25) is 0 Å². The minimum atomic E-state index is -4.47. The highest BCUT2D eigenvalue weighted by atomic mass is 19.4. The van der Waals surface area contributed by atoms with Gasteiger partial charge in [0, 0.05) is 0 Å². The van der Waals surface area contributed by atoms with E-state index < -0.39 is 23.7 Å². The van der Waals surface area contributed by atoms with Crippen LogP contribution in [0.5, 0.6) is 0 Å². The van der Waals surface area contributed by atoms with Gasteiger partial charge in [0.1, 0.15) is 6.26 Å². The molecular weight excluding hydrogens is 265 g/mol. The molecule has 0 N–H and O–H groups in total. The summed E-state index contributed by atoms with van der Waals surface area (Å²) in [6.07, 6.45) is -2.80. The van der Waals surface area contributed by atoms with Crippen LogP contribution in [0.3, 0.4) is 0 Å². The van der Waals surface area contributed by atoms with Gasteiger partial charge in [-0.1, -0.05) is 0 Å². The fourth-order valence-corrected chi connectivity index (χ4v) is 1.08. The summed E-state index contributed by atoms with van der Waals surface area (Å²) in [5, 5.41) is 0. The van der Waals surface area contributed by atoms with E-state index in [0.29, 0.717) is 0 Å². The zero-order valence-corrected chi connectivity index (χ0v) is 9.73. The maximum absolute atomic E-state index is 12.3. The van der Waals surface area contributed by atoms with Crippen LogP contribution in [0, 0.1) is 0 Å². The molecule has 0 aliphatic rings. The van der Waals surface area contributed by atoms with Gasteiger partial charge < -0.3 is 9.47 Å². The molecule has 0 atom stereocenters. The van der Waals surface area contributed by atoms with Gasteiger partial charge in [-0.3, -0.25) is 0 Å². The molecule has 0 bridgehead atoms. The number of ether oxygens (including phenoxy) is 2. The van der Waals surface area contributed by atoms with Crippen LogP contribution < -0.4 is 0 Å². The molecule has 1 aromatic carbocycles. The Hall–Kier alpha value is -2.31. The van der Waals surface area contributed by atoms with Crippen LogP contribution in [0.1, 0.15) is 15.9 Å². The molecule has 4 nitrogen and oxygen atoms in total. The Kier molecular flexibility index (Phi) is 4.68. The van der Waals surface area contributed by atoms with Crippen molar-refractivity contribution in [2.45, 2.75) is 6.18 Å². The molecule has 0 saturated heterocycles. The lowest BCUT2D eigenvalue weighted by Gasteiger charge is -2.06. The topological polar surface area (TPSA) is 52.6 Å². The van der Waals surface area contributed by atoms with Crippen molar-refractivity contribution < 1.29 is 32.2 Å². The number of carbonyl (C=O) groups is 2. The fourth-order valence-electron chi connectivity index (χ4n) is 1.08.